The zero-order valence-corrected chi connectivity index (χ0v) is 13.8. The van der Waals surface area contributed by atoms with Crippen LogP contribution in [0.25, 0.3) is 0 Å². The van der Waals surface area contributed by atoms with Crippen LogP contribution in [0.4, 0.5) is 10.3 Å². The third-order valence-corrected chi connectivity index (χ3v) is 5.48. The molecule has 1 N–H and O–H groups in total. The maximum absolute atomic E-state index is 13.0. The number of nitrogens with zero attached hydrogens (tertiary/aromatic N) is 3. The van der Waals surface area contributed by atoms with Crippen LogP contribution in [-0.4, -0.2) is 48.7 Å². The SMILES string of the molecule is O=C(NC[C@]12COC[C@H]1CN(c1ncc(F)cn1)C2)c1ccsc1. The van der Waals surface area contributed by atoms with Crippen molar-refractivity contribution in [2.75, 3.05) is 37.7 Å². The summed E-state index contributed by atoms with van der Waals surface area (Å²) in [6, 6.07) is 1.81. The third-order valence-electron chi connectivity index (χ3n) is 4.80. The molecule has 0 unspecified atom stereocenters. The number of aromatic nitrogens is 2. The van der Waals surface area contributed by atoms with Crippen LogP contribution in [0.1, 0.15) is 10.4 Å². The molecule has 2 aliphatic heterocycles. The molecule has 126 valence electrons. The minimum Gasteiger partial charge on any atom is -0.380 e. The number of anilines is 1. The van der Waals surface area contributed by atoms with E-state index in [2.05, 4.69) is 15.3 Å². The van der Waals surface area contributed by atoms with E-state index in [1.54, 1.807) is 0 Å². The molecule has 0 saturated carbocycles. The molecule has 2 aromatic rings. The predicted octanol–water partition coefficient (Wildman–Crippen LogP) is 1.56. The fourth-order valence-corrected chi connectivity index (χ4v) is 4.09. The molecule has 0 radical (unpaired) electrons. The molecule has 0 spiro atoms. The van der Waals surface area contributed by atoms with Gasteiger partial charge in [-0.1, -0.05) is 0 Å². The molecule has 2 atom stereocenters. The first-order chi connectivity index (χ1) is 11.7. The summed E-state index contributed by atoms with van der Waals surface area (Å²) >= 11 is 1.50. The van der Waals surface area contributed by atoms with Crippen molar-refractivity contribution in [3.8, 4) is 0 Å². The molecular formula is C16H17FN4O2S. The van der Waals surface area contributed by atoms with Gasteiger partial charge in [-0.25, -0.2) is 14.4 Å². The summed E-state index contributed by atoms with van der Waals surface area (Å²) < 4.78 is 18.7. The van der Waals surface area contributed by atoms with Crippen LogP contribution in [0.5, 0.6) is 0 Å². The van der Waals surface area contributed by atoms with E-state index >= 15 is 0 Å². The maximum Gasteiger partial charge on any atom is 0.252 e. The molecule has 2 saturated heterocycles. The Balaban J connectivity index is 1.46. The molecule has 2 fully saturated rings. The lowest BCUT2D eigenvalue weighted by atomic mass is 9.81. The molecule has 4 heterocycles. The number of halogens is 1. The van der Waals surface area contributed by atoms with Gasteiger partial charge in [-0.15, -0.1) is 0 Å². The standard InChI is InChI=1S/C16H17FN4O2S/c17-13-3-18-15(19-4-13)21-5-12-6-23-10-16(12,9-21)8-20-14(22)11-1-2-24-7-11/h1-4,7,12H,5-6,8-10H2,(H,20,22)/t12-,16+/m1/s1. The molecule has 6 nitrogen and oxygen atoms in total. The zero-order chi connectivity index (χ0) is 16.6. The first kappa shape index (κ1) is 15.5. The van der Waals surface area contributed by atoms with Gasteiger partial charge in [0.1, 0.15) is 0 Å². The average molecular weight is 348 g/mol. The number of hydrogen-bond acceptors (Lipinski definition) is 6. The Morgan fingerprint density at radius 1 is 1.50 bits per heavy atom. The van der Waals surface area contributed by atoms with Gasteiger partial charge in [-0.3, -0.25) is 4.79 Å². The fraction of sp³-hybridized carbons (Fsp3) is 0.438. The first-order valence-electron chi connectivity index (χ1n) is 7.77. The lowest BCUT2D eigenvalue weighted by Gasteiger charge is -2.27. The van der Waals surface area contributed by atoms with Crippen LogP contribution in [0, 0.1) is 17.2 Å². The number of hydrogen-bond donors (Lipinski definition) is 1. The van der Waals surface area contributed by atoms with Crippen LogP contribution >= 0.6 is 11.3 Å². The van der Waals surface area contributed by atoms with E-state index < -0.39 is 5.82 Å². The highest BCUT2D eigenvalue weighted by atomic mass is 32.1. The van der Waals surface area contributed by atoms with Crippen LogP contribution in [-0.2, 0) is 4.74 Å². The minimum atomic E-state index is -0.445. The monoisotopic (exact) mass is 348 g/mol. The largest absolute Gasteiger partial charge is 0.380 e. The van der Waals surface area contributed by atoms with Gasteiger partial charge in [0.05, 0.1) is 25.6 Å². The van der Waals surface area contributed by atoms with Crippen molar-refractivity contribution in [3.63, 3.8) is 0 Å². The second-order valence-corrected chi connectivity index (χ2v) is 7.13. The number of nitrogens with one attached hydrogen (secondary N) is 1. The molecule has 0 bridgehead atoms. The van der Waals surface area contributed by atoms with Crippen LogP contribution in [0.3, 0.4) is 0 Å². The topological polar surface area (TPSA) is 67.3 Å². The molecule has 4 rings (SSSR count). The Hall–Kier alpha value is -2.06. The Morgan fingerprint density at radius 3 is 3.08 bits per heavy atom. The number of carbonyl (C=O) groups excluding carboxylic acids is 1. The quantitative estimate of drug-likeness (QED) is 0.908. The van der Waals surface area contributed by atoms with Gasteiger partial charge < -0.3 is 15.0 Å². The second-order valence-electron chi connectivity index (χ2n) is 6.35. The van der Waals surface area contributed by atoms with Gasteiger partial charge in [0.2, 0.25) is 5.95 Å². The molecule has 8 heteroatoms. The number of fused-ring (bicyclic) bond motifs is 1. The minimum absolute atomic E-state index is 0.0623. The van der Waals surface area contributed by atoms with Crippen molar-refractivity contribution in [2.45, 2.75) is 0 Å². The average Bonchev–Trinajstić information content (AvgIpc) is 3.29. The van der Waals surface area contributed by atoms with Gasteiger partial charge in [0.25, 0.3) is 5.91 Å². The highest BCUT2D eigenvalue weighted by molar-refractivity contribution is 7.08. The van der Waals surface area contributed by atoms with E-state index in [0.29, 0.717) is 43.7 Å². The van der Waals surface area contributed by atoms with Crippen molar-refractivity contribution in [1.82, 2.24) is 15.3 Å². The molecule has 0 aromatic carbocycles. The van der Waals surface area contributed by atoms with Crippen molar-refractivity contribution < 1.29 is 13.9 Å². The molecule has 2 aromatic heterocycles. The van der Waals surface area contributed by atoms with E-state index in [-0.39, 0.29) is 11.3 Å². The molecule has 0 aliphatic carbocycles. The van der Waals surface area contributed by atoms with Gasteiger partial charge in [-0.05, 0) is 11.4 Å². The zero-order valence-electron chi connectivity index (χ0n) is 12.9. The Labute approximate surface area is 142 Å². The molecule has 1 amide bonds. The fourth-order valence-electron chi connectivity index (χ4n) is 3.46. The summed E-state index contributed by atoms with van der Waals surface area (Å²) in [4.78, 5) is 22.4. The van der Waals surface area contributed by atoms with Crippen molar-refractivity contribution in [3.05, 3.63) is 40.6 Å². The van der Waals surface area contributed by atoms with Gasteiger partial charge >= 0.3 is 0 Å². The summed E-state index contributed by atoms with van der Waals surface area (Å²) in [6.45, 7) is 3.24. The number of amides is 1. The van der Waals surface area contributed by atoms with Gasteiger partial charge in [0, 0.05) is 41.9 Å². The summed E-state index contributed by atoms with van der Waals surface area (Å²) in [6.07, 6.45) is 2.36. The molecular weight excluding hydrogens is 331 g/mol. The Kier molecular flexibility index (Phi) is 3.93. The maximum atomic E-state index is 13.0. The highest BCUT2D eigenvalue weighted by Gasteiger charge is 2.51. The van der Waals surface area contributed by atoms with Crippen molar-refractivity contribution >= 4 is 23.2 Å². The summed E-state index contributed by atoms with van der Waals surface area (Å²) in [5, 5.41) is 6.75. The van der Waals surface area contributed by atoms with Crippen molar-refractivity contribution in [1.29, 1.82) is 0 Å². The van der Waals surface area contributed by atoms with Gasteiger partial charge in [0.15, 0.2) is 5.82 Å². The number of ether oxygens (including phenoxy) is 1. The van der Waals surface area contributed by atoms with Gasteiger partial charge in [-0.2, -0.15) is 11.3 Å². The predicted molar refractivity (Wildman–Crippen MR) is 87.6 cm³/mol. The molecule has 24 heavy (non-hydrogen) atoms. The summed E-state index contributed by atoms with van der Waals surface area (Å²) in [5.41, 5.74) is 0.534. The smallest absolute Gasteiger partial charge is 0.252 e. The normalized spacial score (nSPS) is 25.7. The van der Waals surface area contributed by atoms with Crippen LogP contribution in [0.15, 0.2) is 29.2 Å². The van der Waals surface area contributed by atoms with Crippen molar-refractivity contribution in [2.24, 2.45) is 11.3 Å². The Morgan fingerprint density at radius 2 is 2.33 bits per heavy atom. The lowest BCUT2D eigenvalue weighted by molar-refractivity contribution is 0.0920. The lowest BCUT2D eigenvalue weighted by Crippen LogP contribution is -2.43. The Bertz CT molecular complexity index is 724. The number of rotatable bonds is 4. The van der Waals surface area contributed by atoms with E-state index in [0.717, 1.165) is 6.54 Å². The van der Waals surface area contributed by atoms with E-state index in [1.165, 1.54) is 23.7 Å². The summed E-state index contributed by atoms with van der Waals surface area (Å²) in [7, 11) is 0. The number of carbonyl (C=O) groups is 1. The highest BCUT2D eigenvalue weighted by Crippen LogP contribution is 2.41. The van der Waals surface area contributed by atoms with E-state index in [4.69, 9.17) is 4.74 Å². The van der Waals surface area contributed by atoms with Crippen LogP contribution < -0.4 is 10.2 Å². The first-order valence-corrected chi connectivity index (χ1v) is 8.71. The van der Waals surface area contributed by atoms with E-state index in [1.807, 2.05) is 21.7 Å². The van der Waals surface area contributed by atoms with Crippen LogP contribution in [0.2, 0.25) is 0 Å². The number of thiophene rings is 1. The third kappa shape index (κ3) is 2.76. The second kappa shape index (κ2) is 6.10. The summed E-state index contributed by atoms with van der Waals surface area (Å²) in [5.74, 6) is 0.315. The van der Waals surface area contributed by atoms with E-state index in [9.17, 15) is 9.18 Å². The molecule has 2 aliphatic rings.